The number of rotatable bonds is 11. The lowest BCUT2D eigenvalue weighted by Crippen LogP contribution is -2.44. The van der Waals surface area contributed by atoms with Crippen molar-refractivity contribution in [3.8, 4) is 0 Å². The molecular weight excluding hydrogens is 634 g/mol. The first-order chi connectivity index (χ1) is 23.0. The van der Waals surface area contributed by atoms with E-state index in [0.29, 0.717) is 36.2 Å². The number of thiazole rings is 1. The molecule has 2 heterocycles. The van der Waals surface area contributed by atoms with Crippen LogP contribution >= 0.6 is 11.3 Å². The number of nitrogens with zero attached hydrogens (tertiary/aromatic N) is 2. The molecule has 0 radical (unpaired) electrons. The maximum absolute atomic E-state index is 13.7. The molecule has 0 bridgehead atoms. The zero-order chi connectivity index (χ0) is 34.8. The van der Waals surface area contributed by atoms with Crippen molar-refractivity contribution in [2.75, 3.05) is 13.1 Å². The van der Waals surface area contributed by atoms with Gasteiger partial charge in [-0.3, -0.25) is 9.59 Å². The van der Waals surface area contributed by atoms with Crippen LogP contribution in [0.25, 0.3) is 0 Å². The van der Waals surface area contributed by atoms with Gasteiger partial charge in [0.05, 0.1) is 11.6 Å². The molecule has 1 aromatic heterocycles. The highest BCUT2D eigenvalue weighted by molar-refractivity contribution is 7.09. The molecule has 0 saturated carbocycles. The molecule has 2 N–H and O–H groups in total. The van der Waals surface area contributed by atoms with Gasteiger partial charge in [-0.2, -0.15) is 13.2 Å². The van der Waals surface area contributed by atoms with Gasteiger partial charge in [0.15, 0.2) is 0 Å². The van der Waals surface area contributed by atoms with Gasteiger partial charge >= 0.3 is 6.18 Å². The minimum Gasteiger partial charge on any atom is -0.349 e. The summed E-state index contributed by atoms with van der Waals surface area (Å²) in [4.78, 5) is 34.0. The second-order valence-corrected chi connectivity index (χ2v) is 13.0. The second kappa shape index (κ2) is 16.9. The third kappa shape index (κ3) is 9.76. The first-order valence-electron chi connectivity index (χ1n) is 16.5. The predicted octanol–water partition coefficient (Wildman–Crippen LogP) is 8.55. The van der Waals surface area contributed by atoms with Crippen molar-refractivity contribution in [1.29, 1.82) is 0 Å². The quantitative estimate of drug-likeness (QED) is 0.167. The average Bonchev–Trinajstić information content (AvgIpc) is 3.74. The van der Waals surface area contributed by atoms with Gasteiger partial charge in [0, 0.05) is 41.3 Å². The number of aryl methyl sites for hydroxylation is 2. The number of alkyl halides is 3. The highest BCUT2D eigenvalue weighted by atomic mass is 32.1. The van der Waals surface area contributed by atoms with E-state index in [1.807, 2.05) is 81.3 Å². The van der Waals surface area contributed by atoms with Gasteiger partial charge in [0.25, 0.3) is 11.8 Å². The lowest BCUT2D eigenvalue weighted by atomic mass is 9.94. The number of carbonyl (C=O) groups is 2. The Hall–Kier alpha value is -4.02. The molecule has 1 fully saturated rings. The van der Waals surface area contributed by atoms with Crippen molar-refractivity contribution in [2.45, 2.75) is 78.7 Å². The minimum atomic E-state index is -4.40. The summed E-state index contributed by atoms with van der Waals surface area (Å²) in [6.45, 7) is 11.2. The standard InChI is InChI=1S/C36H39F3N4O2S.C2H6/c1-23-15-28(19-29(16-23)35(45)43-14-8-13-32(43)34-41-25(3)22-46-34)33(44)42-31(18-26-9-5-4-6-10-26)24(2)20-40-21-27-11-7-12-30(17-27)36(37,38)39;1-2/h4-7,9-12,15-17,19,22,24,31-32,40H,8,13-14,18,20-21H2,1-3H3,(H,42,44);1-2H3. The number of nitrogens with one attached hydrogen (secondary N) is 2. The SMILES string of the molecule is CC.Cc1cc(C(=O)NC(Cc2ccccc2)C(C)CNCc2cccc(C(F)(F)F)c2)cc(C(=O)N2CCCC2c2nc(C)cs2)c1. The van der Waals surface area contributed by atoms with Crippen LogP contribution in [0.5, 0.6) is 0 Å². The zero-order valence-corrected chi connectivity index (χ0v) is 29.0. The molecule has 1 aliphatic rings. The fourth-order valence-corrected chi connectivity index (χ4v) is 6.90. The van der Waals surface area contributed by atoms with Gasteiger partial charge in [0.1, 0.15) is 5.01 Å². The third-order valence-corrected chi connectivity index (χ3v) is 9.44. The molecule has 1 aliphatic heterocycles. The van der Waals surface area contributed by atoms with Gasteiger partial charge in [-0.15, -0.1) is 11.3 Å². The fraction of sp³-hybridized carbons (Fsp3) is 0.395. The topological polar surface area (TPSA) is 74.3 Å². The molecule has 3 unspecified atom stereocenters. The summed E-state index contributed by atoms with van der Waals surface area (Å²) in [6, 6.07) is 20.0. The molecule has 6 nitrogen and oxygen atoms in total. The lowest BCUT2D eigenvalue weighted by molar-refractivity contribution is -0.137. The molecule has 3 aromatic carbocycles. The highest BCUT2D eigenvalue weighted by Crippen LogP contribution is 2.35. The summed E-state index contributed by atoms with van der Waals surface area (Å²) in [5.41, 5.74) is 3.55. The van der Waals surface area contributed by atoms with E-state index >= 15 is 0 Å². The van der Waals surface area contributed by atoms with Crippen LogP contribution in [-0.4, -0.2) is 40.8 Å². The van der Waals surface area contributed by atoms with Crippen LogP contribution in [0.3, 0.4) is 0 Å². The van der Waals surface area contributed by atoms with Crippen molar-refractivity contribution < 1.29 is 22.8 Å². The van der Waals surface area contributed by atoms with E-state index < -0.39 is 11.7 Å². The minimum absolute atomic E-state index is 0.0621. The lowest BCUT2D eigenvalue weighted by Gasteiger charge is -2.26. The highest BCUT2D eigenvalue weighted by Gasteiger charge is 2.33. The Kier molecular flexibility index (Phi) is 12.9. The number of carbonyl (C=O) groups excluding carboxylic acids is 2. The van der Waals surface area contributed by atoms with Crippen LogP contribution in [0, 0.1) is 19.8 Å². The van der Waals surface area contributed by atoms with Gasteiger partial charge in [0.2, 0.25) is 0 Å². The first kappa shape index (κ1) is 36.8. The molecule has 3 atom stereocenters. The van der Waals surface area contributed by atoms with E-state index in [9.17, 15) is 22.8 Å². The maximum Gasteiger partial charge on any atom is 0.416 e. The summed E-state index contributed by atoms with van der Waals surface area (Å²) < 4.78 is 39.5. The van der Waals surface area contributed by atoms with Gasteiger partial charge in [-0.25, -0.2) is 4.98 Å². The third-order valence-electron chi connectivity index (χ3n) is 8.37. The molecule has 10 heteroatoms. The average molecular weight is 679 g/mol. The molecule has 0 aliphatic carbocycles. The molecule has 5 rings (SSSR count). The Morgan fingerprint density at radius 1 is 0.979 bits per heavy atom. The Morgan fingerprint density at radius 3 is 2.38 bits per heavy atom. The van der Waals surface area contributed by atoms with Crippen molar-refractivity contribution in [3.63, 3.8) is 0 Å². The molecule has 48 heavy (non-hydrogen) atoms. The fourth-order valence-electron chi connectivity index (χ4n) is 5.95. The number of benzene rings is 3. The second-order valence-electron chi connectivity index (χ2n) is 12.1. The van der Waals surface area contributed by atoms with Crippen molar-refractivity contribution in [1.82, 2.24) is 20.5 Å². The van der Waals surface area contributed by atoms with Crippen LogP contribution in [0.2, 0.25) is 0 Å². The first-order valence-corrected chi connectivity index (χ1v) is 17.4. The Balaban J connectivity index is 0.00000255. The molecule has 4 aromatic rings. The Morgan fingerprint density at radius 2 is 1.69 bits per heavy atom. The summed E-state index contributed by atoms with van der Waals surface area (Å²) in [6.07, 6.45) is -2.07. The summed E-state index contributed by atoms with van der Waals surface area (Å²) >= 11 is 1.57. The summed E-state index contributed by atoms with van der Waals surface area (Å²) in [5, 5.41) is 9.41. The van der Waals surface area contributed by atoms with E-state index in [4.69, 9.17) is 0 Å². The normalized spacial score (nSPS) is 15.8. The van der Waals surface area contributed by atoms with Gasteiger partial charge in [-0.1, -0.05) is 69.3 Å². The summed E-state index contributed by atoms with van der Waals surface area (Å²) in [7, 11) is 0. The van der Waals surface area contributed by atoms with Crippen molar-refractivity contribution in [2.24, 2.45) is 5.92 Å². The monoisotopic (exact) mass is 678 g/mol. The molecule has 256 valence electrons. The maximum atomic E-state index is 13.7. The van der Waals surface area contributed by atoms with Crippen LogP contribution in [0.1, 0.15) is 93.3 Å². The van der Waals surface area contributed by atoms with E-state index in [-0.39, 0.29) is 36.4 Å². The Labute approximate surface area is 285 Å². The van der Waals surface area contributed by atoms with E-state index in [0.717, 1.165) is 46.8 Å². The molecule has 0 spiro atoms. The van der Waals surface area contributed by atoms with Crippen LogP contribution in [0.4, 0.5) is 13.2 Å². The number of aromatic nitrogens is 1. The number of likely N-dealkylation sites (tertiary alicyclic amines) is 1. The van der Waals surface area contributed by atoms with E-state index in [1.165, 1.54) is 6.07 Å². The number of hydrogen-bond donors (Lipinski definition) is 2. The van der Waals surface area contributed by atoms with Gasteiger partial charge < -0.3 is 15.5 Å². The predicted molar refractivity (Wildman–Crippen MR) is 186 cm³/mol. The van der Waals surface area contributed by atoms with Crippen LogP contribution < -0.4 is 10.6 Å². The largest absolute Gasteiger partial charge is 0.416 e. The van der Waals surface area contributed by atoms with Crippen LogP contribution in [-0.2, 0) is 19.1 Å². The summed E-state index contributed by atoms with van der Waals surface area (Å²) in [5.74, 6) is -0.453. The molecular formula is C38H45F3N4O2S. The van der Waals surface area contributed by atoms with Gasteiger partial charge in [-0.05, 0) is 86.5 Å². The number of hydrogen-bond acceptors (Lipinski definition) is 5. The number of amides is 2. The van der Waals surface area contributed by atoms with Crippen molar-refractivity contribution in [3.05, 3.63) is 122 Å². The zero-order valence-electron chi connectivity index (χ0n) is 28.2. The molecule has 1 saturated heterocycles. The van der Waals surface area contributed by atoms with Crippen molar-refractivity contribution >= 4 is 23.2 Å². The Bertz CT molecular complexity index is 1660. The molecule has 2 amide bonds. The van der Waals surface area contributed by atoms with E-state index in [2.05, 4.69) is 15.6 Å². The van der Waals surface area contributed by atoms with Crippen LogP contribution in [0.15, 0.2) is 78.2 Å². The number of halogens is 3. The smallest absolute Gasteiger partial charge is 0.349 e. The van der Waals surface area contributed by atoms with E-state index in [1.54, 1.807) is 29.5 Å².